The lowest BCUT2D eigenvalue weighted by Gasteiger charge is -2.36. The van der Waals surface area contributed by atoms with Gasteiger partial charge in [0.2, 0.25) is 5.91 Å². The third-order valence-corrected chi connectivity index (χ3v) is 6.19. The minimum Gasteiger partial charge on any atom is -0.367 e. The van der Waals surface area contributed by atoms with Gasteiger partial charge in [-0.05, 0) is 30.5 Å². The van der Waals surface area contributed by atoms with Crippen LogP contribution in [0.15, 0.2) is 66.7 Å². The molecular weight excluding hydrogens is 436 g/mol. The number of nitrogens with zero attached hydrogens (tertiary/aromatic N) is 5. The minimum atomic E-state index is -0.169. The molecule has 0 atom stereocenters. The molecule has 1 saturated heterocycles. The zero-order valence-electron chi connectivity index (χ0n) is 18.5. The molecule has 0 bridgehead atoms. The molecule has 2 amide bonds. The van der Waals surface area contributed by atoms with Gasteiger partial charge in [-0.1, -0.05) is 30.5 Å². The average Bonchev–Trinajstić information content (AvgIpc) is 3.26. The summed E-state index contributed by atoms with van der Waals surface area (Å²) in [5.41, 5.74) is 2.91. The standard InChI is InChI=1S/C24H26N6O2S/c1-3-28-17-19(27-24(28)33-2)16-22(31)30-14-12-29(13-15-30)21-7-5-4-6-20(21)23(32)26-18-8-10-25-11-9-18/h3-11,17H,1,12-16H2,2H3,(H,25,26,32). The lowest BCUT2D eigenvalue weighted by molar-refractivity contribution is -0.130. The van der Waals surface area contributed by atoms with Crippen LogP contribution in [0.25, 0.3) is 6.20 Å². The maximum absolute atomic E-state index is 12.9. The molecule has 4 rings (SSSR count). The second kappa shape index (κ2) is 10.4. The number of aromatic nitrogens is 3. The molecule has 0 saturated carbocycles. The zero-order chi connectivity index (χ0) is 23.2. The summed E-state index contributed by atoms with van der Waals surface area (Å²) in [5.74, 6) is -0.113. The number of pyridine rings is 1. The van der Waals surface area contributed by atoms with Crippen LogP contribution in [0.5, 0.6) is 0 Å². The Morgan fingerprint density at radius 3 is 2.52 bits per heavy atom. The molecule has 1 aliphatic rings. The lowest BCUT2D eigenvalue weighted by Crippen LogP contribution is -2.49. The number of nitrogens with one attached hydrogen (secondary N) is 1. The van der Waals surface area contributed by atoms with Gasteiger partial charge in [0, 0.05) is 62.3 Å². The summed E-state index contributed by atoms with van der Waals surface area (Å²) in [6.07, 6.45) is 9.03. The molecule has 9 heteroatoms. The van der Waals surface area contributed by atoms with Gasteiger partial charge in [0.25, 0.3) is 5.91 Å². The van der Waals surface area contributed by atoms with E-state index in [1.54, 1.807) is 30.7 Å². The minimum absolute atomic E-state index is 0.0553. The quantitative estimate of drug-likeness (QED) is 0.543. The lowest BCUT2D eigenvalue weighted by atomic mass is 10.1. The van der Waals surface area contributed by atoms with Gasteiger partial charge in [0.1, 0.15) is 0 Å². The Morgan fingerprint density at radius 1 is 1.12 bits per heavy atom. The van der Waals surface area contributed by atoms with Crippen molar-refractivity contribution in [3.8, 4) is 0 Å². The van der Waals surface area contributed by atoms with E-state index in [4.69, 9.17) is 0 Å². The van der Waals surface area contributed by atoms with Gasteiger partial charge in [-0.2, -0.15) is 0 Å². The molecule has 0 unspecified atom stereocenters. The number of para-hydroxylation sites is 1. The van der Waals surface area contributed by atoms with Crippen LogP contribution >= 0.6 is 11.8 Å². The van der Waals surface area contributed by atoms with Crippen molar-refractivity contribution in [1.82, 2.24) is 19.4 Å². The summed E-state index contributed by atoms with van der Waals surface area (Å²) in [5, 5.41) is 3.74. The fourth-order valence-corrected chi connectivity index (χ4v) is 4.38. The van der Waals surface area contributed by atoms with Crippen molar-refractivity contribution in [2.45, 2.75) is 11.6 Å². The smallest absolute Gasteiger partial charge is 0.257 e. The van der Waals surface area contributed by atoms with Gasteiger partial charge >= 0.3 is 0 Å². The molecular formula is C24H26N6O2S. The molecule has 3 aromatic rings. The zero-order valence-corrected chi connectivity index (χ0v) is 19.3. The van der Waals surface area contributed by atoms with Crippen molar-refractivity contribution in [3.63, 3.8) is 0 Å². The Morgan fingerprint density at radius 2 is 1.85 bits per heavy atom. The van der Waals surface area contributed by atoms with Gasteiger partial charge < -0.3 is 19.7 Å². The normalized spacial score (nSPS) is 13.6. The van der Waals surface area contributed by atoms with E-state index in [2.05, 4.69) is 26.8 Å². The van der Waals surface area contributed by atoms with Crippen LogP contribution in [0.1, 0.15) is 16.1 Å². The fraction of sp³-hybridized carbons (Fsp3) is 0.250. The highest BCUT2D eigenvalue weighted by molar-refractivity contribution is 7.98. The van der Waals surface area contributed by atoms with Crippen LogP contribution in [0.4, 0.5) is 11.4 Å². The van der Waals surface area contributed by atoms with Crippen LogP contribution in [-0.2, 0) is 11.2 Å². The third-order valence-electron chi connectivity index (χ3n) is 5.52. The van der Waals surface area contributed by atoms with Crippen molar-refractivity contribution < 1.29 is 9.59 Å². The Labute approximate surface area is 197 Å². The number of hydrogen-bond donors (Lipinski definition) is 1. The van der Waals surface area contributed by atoms with Crippen molar-refractivity contribution >= 4 is 41.2 Å². The monoisotopic (exact) mass is 462 g/mol. The van der Waals surface area contributed by atoms with Crippen molar-refractivity contribution in [1.29, 1.82) is 0 Å². The van der Waals surface area contributed by atoms with Crippen molar-refractivity contribution in [2.24, 2.45) is 0 Å². The second-order valence-corrected chi connectivity index (χ2v) is 8.33. The maximum atomic E-state index is 12.9. The first kappa shape index (κ1) is 22.6. The largest absolute Gasteiger partial charge is 0.367 e. The first-order chi connectivity index (χ1) is 16.1. The summed E-state index contributed by atoms with van der Waals surface area (Å²) in [6.45, 7) is 6.28. The summed E-state index contributed by atoms with van der Waals surface area (Å²) in [6, 6.07) is 11.1. The van der Waals surface area contributed by atoms with Crippen LogP contribution in [0.3, 0.4) is 0 Å². The summed E-state index contributed by atoms with van der Waals surface area (Å²) >= 11 is 1.52. The molecule has 8 nitrogen and oxygen atoms in total. The first-order valence-electron chi connectivity index (χ1n) is 10.7. The highest BCUT2D eigenvalue weighted by Crippen LogP contribution is 2.23. The molecule has 0 radical (unpaired) electrons. The number of imidazole rings is 1. The Hall–Kier alpha value is -3.59. The number of carbonyl (C=O) groups is 2. The molecule has 1 N–H and O–H groups in total. The highest BCUT2D eigenvalue weighted by Gasteiger charge is 2.24. The number of piperazine rings is 1. The molecule has 1 aromatic carbocycles. The fourth-order valence-electron chi connectivity index (χ4n) is 3.83. The van der Waals surface area contributed by atoms with E-state index in [1.165, 1.54) is 11.8 Å². The van der Waals surface area contributed by atoms with E-state index >= 15 is 0 Å². The average molecular weight is 463 g/mol. The summed E-state index contributed by atoms with van der Waals surface area (Å²) in [7, 11) is 0. The second-order valence-electron chi connectivity index (χ2n) is 7.56. The number of anilines is 2. The number of carbonyl (C=O) groups excluding carboxylic acids is 2. The van der Waals surface area contributed by atoms with E-state index < -0.39 is 0 Å². The van der Waals surface area contributed by atoms with E-state index in [0.29, 0.717) is 37.4 Å². The van der Waals surface area contributed by atoms with Crippen LogP contribution in [0.2, 0.25) is 0 Å². The van der Waals surface area contributed by atoms with E-state index in [0.717, 1.165) is 16.5 Å². The van der Waals surface area contributed by atoms with Crippen LogP contribution < -0.4 is 10.2 Å². The molecule has 1 fully saturated rings. The van der Waals surface area contributed by atoms with Crippen LogP contribution in [-0.4, -0.2) is 63.7 Å². The topological polar surface area (TPSA) is 83.4 Å². The number of benzene rings is 1. The highest BCUT2D eigenvalue weighted by atomic mass is 32.2. The molecule has 33 heavy (non-hydrogen) atoms. The molecule has 1 aliphatic heterocycles. The predicted octanol–water partition coefficient (Wildman–Crippen LogP) is 3.24. The number of amides is 2. The Balaban J connectivity index is 1.39. The number of thioether (sulfide) groups is 1. The predicted molar refractivity (Wildman–Crippen MR) is 132 cm³/mol. The maximum Gasteiger partial charge on any atom is 0.257 e. The van der Waals surface area contributed by atoms with Gasteiger partial charge in [0.15, 0.2) is 5.16 Å². The van der Waals surface area contributed by atoms with Crippen molar-refractivity contribution in [3.05, 3.63) is 72.8 Å². The first-order valence-corrected chi connectivity index (χ1v) is 11.9. The number of hydrogen-bond acceptors (Lipinski definition) is 6. The SMILES string of the molecule is C=Cn1cc(CC(=O)N2CCN(c3ccccc3C(=O)Nc3ccncc3)CC2)nc1SC. The van der Waals surface area contributed by atoms with Gasteiger partial charge in [-0.25, -0.2) is 4.98 Å². The molecule has 0 aliphatic carbocycles. The molecule has 3 heterocycles. The molecule has 0 spiro atoms. The third kappa shape index (κ3) is 5.25. The van der Waals surface area contributed by atoms with Gasteiger partial charge in [-0.15, -0.1) is 0 Å². The summed E-state index contributed by atoms with van der Waals surface area (Å²) in [4.78, 5) is 38.2. The molecule has 2 aromatic heterocycles. The van der Waals surface area contributed by atoms with E-state index in [-0.39, 0.29) is 18.2 Å². The van der Waals surface area contributed by atoms with E-state index in [1.807, 2.05) is 46.2 Å². The molecule has 170 valence electrons. The summed E-state index contributed by atoms with van der Waals surface area (Å²) < 4.78 is 1.83. The van der Waals surface area contributed by atoms with Gasteiger partial charge in [0.05, 0.1) is 17.7 Å². The Bertz CT molecular complexity index is 1140. The number of rotatable bonds is 7. The van der Waals surface area contributed by atoms with Crippen molar-refractivity contribution in [2.75, 3.05) is 42.7 Å². The van der Waals surface area contributed by atoms with Gasteiger partial charge in [-0.3, -0.25) is 14.6 Å². The Kier molecular flexibility index (Phi) is 7.09. The van der Waals surface area contributed by atoms with E-state index in [9.17, 15) is 9.59 Å². The van der Waals surface area contributed by atoms with Crippen LogP contribution in [0, 0.1) is 0 Å².